The van der Waals surface area contributed by atoms with E-state index in [1.807, 2.05) is 0 Å². The third-order valence-electron chi connectivity index (χ3n) is 5.13. The summed E-state index contributed by atoms with van der Waals surface area (Å²) in [5.74, 6) is 0.0780. The first-order valence-corrected chi connectivity index (χ1v) is 11.7. The maximum atomic E-state index is 12.8. The molecule has 0 bridgehead atoms. The van der Waals surface area contributed by atoms with Gasteiger partial charge in [0.15, 0.2) is 0 Å². The molecule has 0 saturated carbocycles. The van der Waals surface area contributed by atoms with Crippen LogP contribution < -0.4 is 5.32 Å². The first kappa shape index (κ1) is 17.9. The second-order valence-electron chi connectivity index (χ2n) is 6.88. The molecule has 10 heteroatoms. The van der Waals surface area contributed by atoms with Crippen molar-refractivity contribution in [2.45, 2.75) is 30.6 Å². The summed E-state index contributed by atoms with van der Waals surface area (Å²) >= 11 is 0. The summed E-state index contributed by atoms with van der Waals surface area (Å²) in [6, 6.07) is 6.63. The zero-order valence-corrected chi connectivity index (χ0v) is 16.0. The number of benzene rings is 1. The second-order valence-corrected chi connectivity index (χ2v) is 10.4. The SMILES string of the molecule is O=S1(=O)N=C([C@H]2CCCN(S(=O)(=O)N3CCCC3)C2)Nc2ccccc21. The summed E-state index contributed by atoms with van der Waals surface area (Å²) in [5.41, 5.74) is 0.497. The number of nitrogens with one attached hydrogen (secondary N) is 1. The summed E-state index contributed by atoms with van der Waals surface area (Å²) in [6.07, 6.45) is 3.16. The minimum Gasteiger partial charge on any atom is -0.342 e. The van der Waals surface area contributed by atoms with Crippen molar-refractivity contribution in [2.75, 3.05) is 31.5 Å². The van der Waals surface area contributed by atoms with Crippen LogP contribution in [0.1, 0.15) is 25.7 Å². The quantitative estimate of drug-likeness (QED) is 0.826. The molecule has 2 saturated heterocycles. The lowest BCUT2D eigenvalue weighted by Gasteiger charge is -2.35. The van der Waals surface area contributed by atoms with Crippen LogP contribution in [0.4, 0.5) is 5.69 Å². The van der Waals surface area contributed by atoms with Crippen LogP contribution in [0.15, 0.2) is 33.6 Å². The van der Waals surface area contributed by atoms with E-state index >= 15 is 0 Å². The molecule has 4 rings (SSSR count). The van der Waals surface area contributed by atoms with Gasteiger partial charge in [0.05, 0.1) is 5.69 Å². The number of sulfonamides is 1. The molecular weight excluding hydrogens is 376 g/mol. The Morgan fingerprint density at radius 2 is 1.73 bits per heavy atom. The highest BCUT2D eigenvalue weighted by Crippen LogP contribution is 2.31. The molecule has 0 aliphatic carbocycles. The van der Waals surface area contributed by atoms with Crippen LogP contribution in [0.25, 0.3) is 0 Å². The van der Waals surface area contributed by atoms with Gasteiger partial charge in [-0.15, -0.1) is 4.40 Å². The van der Waals surface area contributed by atoms with Gasteiger partial charge in [0.2, 0.25) is 0 Å². The number of nitrogens with zero attached hydrogens (tertiary/aromatic N) is 3. The van der Waals surface area contributed by atoms with Gasteiger partial charge in [0.25, 0.3) is 20.2 Å². The fourth-order valence-corrected chi connectivity index (χ4v) is 6.74. The van der Waals surface area contributed by atoms with Gasteiger partial charge >= 0.3 is 0 Å². The Balaban J connectivity index is 1.58. The Hall–Kier alpha value is -1.49. The third-order valence-corrected chi connectivity index (χ3v) is 8.49. The molecule has 0 spiro atoms. The molecule has 1 N–H and O–H groups in total. The van der Waals surface area contributed by atoms with Crippen LogP contribution in [-0.2, 0) is 20.2 Å². The second kappa shape index (κ2) is 6.59. The molecule has 0 radical (unpaired) electrons. The van der Waals surface area contributed by atoms with Crippen molar-refractivity contribution >= 4 is 31.8 Å². The van der Waals surface area contributed by atoms with Crippen molar-refractivity contribution in [3.8, 4) is 0 Å². The average molecular weight is 399 g/mol. The monoisotopic (exact) mass is 398 g/mol. The zero-order valence-electron chi connectivity index (χ0n) is 14.3. The molecule has 1 aromatic carbocycles. The normalized spacial score (nSPS) is 26.8. The Morgan fingerprint density at radius 1 is 1.04 bits per heavy atom. The molecule has 2 fully saturated rings. The highest BCUT2D eigenvalue weighted by atomic mass is 32.2. The summed E-state index contributed by atoms with van der Waals surface area (Å²) in [6.45, 7) is 1.84. The number of para-hydroxylation sites is 1. The van der Waals surface area contributed by atoms with Crippen molar-refractivity contribution in [3.63, 3.8) is 0 Å². The predicted molar refractivity (Wildman–Crippen MR) is 98.7 cm³/mol. The highest BCUT2D eigenvalue weighted by Gasteiger charge is 2.38. The van der Waals surface area contributed by atoms with E-state index in [0.717, 1.165) is 12.8 Å². The fourth-order valence-electron chi connectivity index (χ4n) is 3.77. The molecule has 0 amide bonds. The summed E-state index contributed by atoms with van der Waals surface area (Å²) < 4.78 is 57.5. The van der Waals surface area contributed by atoms with E-state index in [-0.39, 0.29) is 17.4 Å². The molecule has 3 heterocycles. The first-order chi connectivity index (χ1) is 12.4. The molecule has 0 aromatic heterocycles. The number of fused-ring (bicyclic) bond motifs is 1. The fraction of sp³-hybridized carbons (Fsp3) is 0.562. The van der Waals surface area contributed by atoms with E-state index in [0.29, 0.717) is 44.0 Å². The average Bonchev–Trinajstić information content (AvgIpc) is 3.17. The van der Waals surface area contributed by atoms with Crippen molar-refractivity contribution in [2.24, 2.45) is 10.3 Å². The largest absolute Gasteiger partial charge is 0.342 e. The van der Waals surface area contributed by atoms with Crippen LogP contribution in [0.5, 0.6) is 0 Å². The van der Waals surface area contributed by atoms with Gasteiger partial charge in [-0.1, -0.05) is 12.1 Å². The van der Waals surface area contributed by atoms with Crippen LogP contribution in [-0.4, -0.2) is 57.5 Å². The van der Waals surface area contributed by atoms with Crippen LogP contribution in [0.3, 0.4) is 0 Å². The Bertz CT molecular complexity index is 937. The lowest BCUT2D eigenvalue weighted by Crippen LogP contribution is -2.49. The van der Waals surface area contributed by atoms with Gasteiger partial charge in [-0.2, -0.15) is 25.4 Å². The smallest absolute Gasteiger partial charge is 0.286 e. The predicted octanol–water partition coefficient (Wildman–Crippen LogP) is 1.25. The van der Waals surface area contributed by atoms with Crippen molar-refractivity contribution in [1.82, 2.24) is 8.61 Å². The van der Waals surface area contributed by atoms with E-state index in [1.165, 1.54) is 14.7 Å². The third kappa shape index (κ3) is 3.15. The maximum Gasteiger partial charge on any atom is 0.286 e. The Kier molecular flexibility index (Phi) is 4.54. The number of hydrogen-bond acceptors (Lipinski definition) is 5. The molecule has 1 atom stereocenters. The van der Waals surface area contributed by atoms with Crippen molar-refractivity contribution < 1.29 is 16.8 Å². The number of amidine groups is 1. The molecule has 3 aliphatic rings. The number of piperidine rings is 1. The highest BCUT2D eigenvalue weighted by molar-refractivity contribution is 7.90. The molecule has 8 nitrogen and oxygen atoms in total. The molecular formula is C16H22N4O4S2. The van der Waals surface area contributed by atoms with Crippen LogP contribution in [0.2, 0.25) is 0 Å². The molecule has 1 aromatic rings. The molecule has 142 valence electrons. The maximum absolute atomic E-state index is 12.8. The van der Waals surface area contributed by atoms with Crippen LogP contribution >= 0.6 is 0 Å². The number of anilines is 1. The lowest BCUT2D eigenvalue weighted by atomic mass is 9.98. The lowest BCUT2D eigenvalue weighted by molar-refractivity contribution is 0.289. The minimum absolute atomic E-state index is 0.154. The van der Waals surface area contributed by atoms with Crippen LogP contribution in [0, 0.1) is 5.92 Å². The van der Waals surface area contributed by atoms with Gasteiger partial charge in [0, 0.05) is 32.1 Å². The molecule has 26 heavy (non-hydrogen) atoms. The summed E-state index contributed by atoms with van der Waals surface area (Å²) in [4.78, 5) is 0.154. The Labute approximate surface area is 154 Å². The van der Waals surface area contributed by atoms with Crippen molar-refractivity contribution in [3.05, 3.63) is 24.3 Å². The van der Waals surface area contributed by atoms with E-state index in [4.69, 9.17) is 0 Å². The zero-order chi connectivity index (χ0) is 18.4. The van der Waals surface area contributed by atoms with Gasteiger partial charge in [0.1, 0.15) is 10.7 Å². The summed E-state index contributed by atoms with van der Waals surface area (Å²) in [7, 11) is -7.25. The van der Waals surface area contributed by atoms with Gasteiger partial charge in [-0.05, 0) is 37.8 Å². The number of hydrogen-bond donors (Lipinski definition) is 1. The van der Waals surface area contributed by atoms with Gasteiger partial charge in [-0.3, -0.25) is 0 Å². The number of rotatable bonds is 3. The van der Waals surface area contributed by atoms with Gasteiger partial charge < -0.3 is 5.32 Å². The first-order valence-electron chi connectivity index (χ1n) is 8.84. The topological polar surface area (TPSA) is 99.1 Å². The van der Waals surface area contributed by atoms with E-state index in [2.05, 4.69) is 9.71 Å². The van der Waals surface area contributed by atoms with Gasteiger partial charge in [-0.25, -0.2) is 0 Å². The summed E-state index contributed by atoms with van der Waals surface area (Å²) in [5, 5.41) is 3.10. The van der Waals surface area contributed by atoms with E-state index in [1.54, 1.807) is 18.2 Å². The standard InChI is InChI=1S/C16H22N4O4S2/c21-25(22)15-8-2-1-7-14(15)17-16(18-25)13-6-5-11-20(12-13)26(23,24)19-9-3-4-10-19/h1-2,7-8,13H,3-6,9-12H2,(H,17,18)/t13-/m0/s1. The van der Waals surface area contributed by atoms with Crippen molar-refractivity contribution in [1.29, 1.82) is 0 Å². The van der Waals surface area contributed by atoms with E-state index < -0.39 is 20.2 Å². The van der Waals surface area contributed by atoms with E-state index in [9.17, 15) is 16.8 Å². The molecule has 3 aliphatic heterocycles. The molecule has 0 unspecified atom stereocenters. The Morgan fingerprint density at radius 3 is 2.50 bits per heavy atom. The minimum atomic E-state index is -3.76.